The average Bonchev–Trinajstić information content (AvgIpc) is 2.74. The average molecular weight is 458 g/mol. The normalized spacial score (nSPS) is 12.4. The molecular weight excluding hydrogens is 434 g/mol. The summed E-state index contributed by atoms with van der Waals surface area (Å²) < 4.78 is 28.9. The molecule has 0 aliphatic rings. The highest BCUT2D eigenvalue weighted by Crippen LogP contribution is 2.26. The molecule has 162 valence electrons. The lowest BCUT2D eigenvalue weighted by Gasteiger charge is -2.20. The highest BCUT2D eigenvalue weighted by molar-refractivity contribution is 7.89. The molecule has 3 aromatic carbocycles. The van der Waals surface area contributed by atoms with Crippen molar-refractivity contribution < 1.29 is 18.3 Å². The zero-order chi connectivity index (χ0) is 22.3. The Balaban J connectivity index is 1.84. The van der Waals surface area contributed by atoms with E-state index >= 15 is 0 Å². The van der Waals surface area contributed by atoms with Crippen molar-refractivity contribution in [2.45, 2.75) is 36.6 Å². The predicted molar refractivity (Wildman–Crippen MR) is 122 cm³/mol. The minimum absolute atomic E-state index is 0.0417. The quantitative estimate of drug-likeness (QED) is 0.448. The second-order valence-electron chi connectivity index (χ2n) is 7.28. The molecule has 0 aliphatic carbocycles. The molecule has 1 atom stereocenters. The Hall–Kier alpha value is -2.67. The number of benzene rings is 3. The van der Waals surface area contributed by atoms with E-state index in [-0.39, 0.29) is 16.3 Å². The van der Waals surface area contributed by atoms with Crippen LogP contribution in [-0.2, 0) is 27.7 Å². The third kappa shape index (κ3) is 6.66. The number of nitrogens with one attached hydrogen (secondary N) is 1. The molecule has 5 nitrogen and oxygen atoms in total. The Morgan fingerprint density at radius 1 is 0.903 bits per heavy atom. The first-order valence-electron chi connectivity index (χ1n) is 9.96. The number of rotatable bonds is 10. The van der Waals surface area contributed by atoms with Gasteiger partial charge in [0.1, 0.15) is 4.90 Å². The SMILES string of the molecule is O=C(O)CCCc1ccc(C(Cc2ccccc2)NS(=O)(=O)c2ccccc2Cl)cc1. The fraction of sp³-hybridized carbons (Fsp3) is 0.208. The number of sulfonamides is 1. The maximum absolute atomic E-state index is 13.0. The second-order valence-corrected chi connectivity index (χ2v) is 9.37. The van der Waals surface area contributed by atoms with Gasteiger partial charge in [0, 0.05) is 6.42 Å². The minimum atomic E-state index is -3.84. The minimum Gasteiger partial charge on any atom is -0.481 e. The maximum atomic E-state index is 13.0. The van der Waals surface area contributed by atoms with Gasteiger partial charge in [-0.25, -0.2) is 13.1 Å². The van der Waals surface area contributed by atoms with Crippen LogP contribution < -0.4 is 4.72 Å². The van der Waals surface area contributed by atoms with E-state index in [2.05, 4.69) is 4.72 Å². The summed E-state index contributed by atoms with van der Waals surface area (Å²) in [5.74, 6) is -0.812. The molecule has 0 bridgehead atoms. The van der Waals surface area contributed by atoms with E-state index in [0.29, 0.717) is 19.3 Å². The predicted octanol–water partition coefficient (Wildman–Crippen LogP) is 5.01. The van der Waals surface area contributed by atoms with Crippen LogP contribution in [0.3, 0.4) is 0 Å². The van der Waals surface area contributed by atoms with Crippen molar-refractivity contribution in [2.24, 2.45) is 0 Å². The van der Waals surface area contributed by atoms with Crippen LogP contribution in [0, 0.1) is 0 Å². The fourth-order valence-electron chi connectivity index (χ4n) is 3.35. The largest absolute Gasteiger partial charge is 0.481 e. The molecule has 31 heavy (non-hydrogen) atoms. The van der Waals surface area contributed by atoms with E-state index in [0.717, 1.165) is 16.7 Å². The third-order valence-corrected chi connectivity index (χ3v) is 6.92. The molecule has 0 saturated heterocycles. The van der Waals surface area contributed by atoms with Crippen LogP contribution in [0.25, 0.3) is 0 Å². The Morgan fingerprint density at radius 2 is 1.55 bits per heavy atom. The maximum Gasteiger partial charge on any atom is 0.303 e. The van der Waals surface area contributed by atoms with Crippen LogP contribution in [-0.4, -0.2) is 19.5 Å². The highest BCUT2D eigenvalue weighted by atomic mass is 35.5. The third-order valence-electron chi connectivity index (χ3n) is 4.94. The van der Waals surface area contributed by atoms with Gasteiger partial charge in [-0.3, -0.25) is 4.79 Å². The van der Waals surface area contributed by atoms with Crippen LogP contribution in [0.15, 0.2) is 83.8 Å². The number of halogens is 1. The molecule has 2 N–H and O–H groups in total. The molecular formula is C24H24ClNO4S. The number of aliphatic carboxylic acids is 1. The standard InChI is InChI=1S/C24H24ClNO4S/c25-21-10-4-5-11-23(21)31(29,30)26-22(17-19-7-2-1-3-8-19)20-15-13-18(14-16-20)9-6-12-24(27)28/h1-5,7-8,10-11,13-16,22,26H,6,9,12,17H2,(H,27,28). The summed E-state index contributed by atoms with van der Waals surface area (Å²) in [5.41, 5.74) is 2.83. The molecule has 3 rings (SSSR count). The summed E-state index contributed by atoms with van der Waals surface area (Å²) in [4.78, 5) is 10.7. The van der Waals surface area contributed by atoms with Crippen molar-refractivity contribution in [1.29, 1.82) is 0 Å². The van der Waals surface area contributed by atoms with Crippen molar-refractivity contribution in [3.63, 3.8) is 0 Å². The summed E-state index contributed by atoms with van der Waals surface area (Å²) in [6, 6.07) is 23.1. The number of carboxylic acid groups (broad SMARTS) is 1. The Morgan fingerprint density at radius 3 is 2.19 bits per heavy atom. The van der Waals surface area contributed by atoms with Crippen molar-refractivity contribution in [3.8, 4) is 0 Å². The zero-order valence-corrected chi connectivity index (χ0v) is 18.4. The van der Waals surface area contributed by atoms with Crippen molar-refractivity contribution in [3.05, 3.63) is 101 Å². The van der Waals surface area contributed by atoms with Crippen molar-refractivity contribution in [2.75, 3.05) is 0 Å². The summed E-state index contributed by atoms with van der Waals surface area (Å²) in [6.07, 6.45) is 1.81. The van der Waals surface area contributed by atoms with Gasteiger partial charge in [-0.15, -0.1) is 0 Å². The summed E-state index contributed by atoms with van der Waals surface area (Å²) in [6.45, 7) is 0. The molecule has 0 heterocycles. The van der Waals surface area contributed by atoms with E-state index < -0.39 is 22.0 Å². The lowest BCUT2D eigenvalue weighted by molar-refractivity contribution is -0.137. The molecule has 1 unspecified atom stereocenters. The molecule has 0 spiro atoms. The number of carboxylic acids is 1. The summed E-state index contributed by atoms with van der Waals surface area (Å²) in [5, 5.41) is 8.96. The topological polar surface area (TPSA) is 83.5 Å². The lowest BCUT2D eigenvalue weighted by atomic mass is 9.98. The second kappa shape index (κ2) is 10.6. The van der Waals surface area contributed by atoms with Gasteiger partial charge >= 0.3 is 5.97 Å². The first-order chi connectivity index (χ1) is 14.8. The lowest BCUT2D eigenvalue weighted by Crippen LogP contribution is -2.30. The van der Waals surface area contributed by atoms with Crippen molar-refractivity contribution >= 4 is 27.6 Å². The molecule has 7 heteroatoms. The zero-order valence-electron chi connectivity index (χ0n) is 16.9. The van der Waals surface area contributed by atoms with Crippen LogP contribution in [0.5, 0.6) is 0 Å². The number of hydrogen-bond acceptors (Lipinski definition) is 3. The van der Waals surface area contributed by atoms with Crippen LogP contribution in [0.4, 0.5) is 0 Å². The molecule has 0 amide bonds. The van der Waals surface area contributed by atoms with Crippen LogP contribution >= 0.6 is 11.6 Å². The van der Waals surface area contributed by atoms with Gasteiger partial charge in [-0.1, -0.05) is 78.3 Å². The highest BCUT2D eigenvalue weighted by Gasteiger charge is 2.23. The van der Waals surface area contributed by atoms with Gasteiger partial charge in [0.15, 0.2) is 0 Å². The monoisotopic (exact) mass is 457 g/mol. The summed E-state index contributed by atoms with van der Waals surface area (Å²) in [7, 11) is -3.84. The molecule has 0 aliphatic heterocycles. The van der Waals surface area contributed by atoms with E-state index in [4.69, 9.17) is 16.7 Å². The first-order valence-corrected chi connectivity index (χ1v) is 11.8. The number of aryl methyl sites for hydroxylation is 1. The van der Waals surface area contributed by atoms with Gasteiger partial charge in [0.25, 0.3) is 0 Å². The Bertz CT molecular complexity index is 1120. The number of hydrogen-bond donors (Lipinski definition) is 2. The van der Waals surface area contributed by atoms with Crippen LogP contribution in [0.2, 0.25) is 5.02 Å². The number of carbonyl (C=O) groups is 1. The van der Waals surface area contributed by atoms with E-state index in [1.54, 1.807) is 18.2 Å². The molecule has 0 radical (unpaired) electrons. The van der Waals surface area contributed by atoms with Gasteiger partial charge in [0.05, 0.1) is 11.1 Å². The molecule has 0 saturated carbocycles. The Kier molecular flexibility index (Phi) is 7.85. The summed E-state index contributed by atoms with van der Waals surface area (Å²) >= 11 is 6.13. The van der Waals surface area contributed by atoms with Crippen LogP contribution in [0.1, 0.15) is 35.6 Å². The van der Waals surface area contributed by atoms with Crippen molar-refractivity contribution in [1.82, 2.24) is 4.72 Å². The van der Waals surface area contributed by atoms with Gasteiger partial charge in [0.2, 0.25) is 10.0 Å². The van der Waals surface area contributed by atoms with Gasteiger partial charge in [-0.05, 0) is 48.1 Å². The van der Waals surface area contributed by atoms with E-state index in [9.17, 15) is 13.2 Å². The van der Waals surface area contributed by atoms with E-state index in [1.165, 1.54) is 6.07 Å². The molecule has 0 fully saturated rings. The van der Waals surface area contributed by atoms with E-state index in [1.807, 2.05) is 54.6 Å². The van der Waals surface area contributed by atoms with Gasteiger partial charge in [-0.2, -0.15) is 0 Å². The van der Waals surface area contributed by atoms with Gasteiger partial charge < -0.3 is 5.11 Å². The first kappa shape index (κ1) is 23.0. The fourth-order valence-corrected chi connectivity index (χ4v) is 5.10. The molecule has 3 aromatic rings. The molecule has 0 aromatic heterocycles. The Labute approximate surface area is 187 Å². The smallest absolute Gasteiger partial charge is 0.303 e.